The predicted molar refractivity (Wildman–Crippen MR) is 139 cm³/mol. The number of likely N-dealkylation sites (N-methyl/N-ethyl adjacent to an activating group) is 1. The first-order valence-electron chi connectivity index (χ1n) is 13.0. The largest absolute Gasteiger partial charge is 0.492 e. The lowest BCUT2D eigenvalue weighted by molar-refractivity contribution is -0.134. The van der Waals surface area contributed by atoms with Gasteiger partial charge in [-0.2, -0.15) is 0 Å². The molecule has 3 aliphatic rings. The first-order valence-corrected chi connectivity index (χ1v) is 14.5. The molecule has 1 unspecified atom stereocenters. The van der Waals surface area contributed by atoms with Crippen molar-refractivity contribution in [3.05, 3.63) is 42.7 Å². The fraction of sp³-hybridized carbons (Fsp3) is 0.556. The second-order valence-electron chi connectivity index (χ2n) is 10.9. The third-order valence-corrected chi connectivity index (χ3v) is 9.20. The van der Waals surface area contributed by atoms with E-state index in [0.29, 0.717) is 45.1 Å². The van der Waals surface area contributed by atoms with Crippen LogP contribution in [0.5, 0.6) is 5.75 Å². The quantitative estimate of drug-likeness (QED) is 0.628. The molecule has 1 spiro atoms. The number of carbonyl (C=O) groups excluding carboxylic acids is 1. The fourth-order valence-electron chi connectivity index (χ4n) is 5.41. The molecule has 9 nitrogen and oxygen atoms in total. The maximum Gasteiger partial charge on any atom is 0.244 e. The number of ether oxygens (including phenoxy) is 1. The summed E-state index contributed by atoms with van der Waals surface area (Å²) in [4.78, 5) is 20.9. The Bertz CT molecular complexity index is 1210. The lowest BCUT2D eigenvalue weighted by Gasteiger charge is -2.44. The Morgan fingerprint density at radius 2 is 2.00 bits per heavy atom. The third-order valence-electron chi connectivity index (χ3n) is 7.74. The number of piperidine rings is 1. The smallest absolute Gasteiger partial charge is 0.244 e. The molecule has 37 heavy (non-hydrogen) atoms. The second kappa shape index (κ2) is 10.7. The number of carbonyl (C=O) groups is 1. The molecule has 1 amide bonds. The lowest BCUT2D eigenvalue weighted by Crippen LogP contribution is -2.51. The van der Waals surface area contributed by atoms with Crippen molar-refractivity contribution in [2.45, 2.75) is 43.1 Å². The SMILES string of the molecule is CN1CC(O)CNS(=O)(=O)c2ccc(-c3cccnc3)cc2OCC2(CCN(C(=O)CC3CC3)CC2)C1. The van der Waals surface area contributed by atoms with Gasteiger partial charge in [0.1, 0.15) is 10.6 Å². The Kier molecular flexibility index (Phi) is 7.53. The van der Waals surface area contributed by atoms with Crippen molar-refractivity contribution in [3.8, 4) is 16.9 Å². The van der Waals surface area contributed by atoms with Crippen molar-refractivity contribution in [1.82, 2.24) is 19.5 Å². The highest BCUT2D eigenvalue weighted by molar-refractivity contribution is 7.89. The Hall–Kier alpha value is -2.53. The number of hydrogen-bond donors (Lipinski definition) is 2. The Morgan fingerprint density at radius 3 is 2.70 bits per heavy atom. The van der Waals surface area contributed by atoms with Crippen molar-refractivity contribution in [2.24, 2.45) is 11.3 Å². The van der Waals surface area contributed by atoms with E-state index in [4.69, 9.17) is 4.74 Å². The van der Waals surface area contributed by atoms with Gasteiger partial charge in [0, 0.05) is 62.5 Å². The van der Waals surface area contributed by atoms with Crippen molar-refractivity contribution < 1.29 is 23.1 Å². The van der Waals surface area contributed by atoms with Crippen molar-refractivity contribution in [3.63, 3.8) is 0 Å². The van der Waals surface area contributed by atoms with E-state index in [1.54, 1.807) is 30.6 Å². The number of aliphatic hydroxyl groups excluding tert-OH is 1. The molecular formula is C27H36N4O5S. The molecule has 1 saturated heterocycles. The van der Waals surface area contributed by atoms with Gasteiger partial charge >= 0.3 is 0 Å². The number of rotatable bonds is 3. The van der Waals surface area contributed by atoms with Crippen molar-refractivity contribution in [1.29, 1.82) is 0 Å². The summed E-state index contributed by atoms with van der Waals surface area (Å²) >= 11 is 0. The van der Waals surface area contributed by atoms with Crippen LogP contribution in [0.2, 0.25) is 0 Å². The number of β-amino-alcohol motifs (C(OH)–C–C–N with tert-alkyl or cyclic N) is 1. The number of benzene rings is 1. The molecule has 1 aromatic carbocycles. The topological polar surface area (TPSA) is 112 Å². The van der Waals surface area contributed by atoms with E-state index in [-0.39, 0.29) is 28.5 Å². The van der Waals surface area contributed by atoms with Crippen LogP contribution in [0, 0.1) is 11.3 Å². The molecule has 10 heteroatoms. The van der Waals surface area contributed by atoms with Gasteiger partial charge in [-0.1, -0.05) is 12.1 Å². The van der Waals surface area contributed by atoms with Crippen LogP contribution in [0.25, 0.3) is 11.1 Å². The predicted octanol–water partition coefficient (Wildman–Crippen LogP) is 2.12. The summed E-state index contributed by atoms with van der Waals surface area (Å²) < 4.78 is 35.3. The van der Waals surface area contributed by atoms with Gasteiger partial charge in [0.2, 0.25) is 15.9 Å². The molecule has 200 valence electrons. The number of aliphatic hydroxyl groups is 1. The summed E-state index contributed by atoms with van der Waals surface area (Å²) in [5, 5.41) is 10.6. The Labute approximate surface area is 218 Å². The Morgan fingerprint density at radius 1 is 1.22 bits per heavy atom. The monoisotopic (exact) mass is 528 g/mol. The van der Waals surface area contributed by atoms with E-state index in [1.165, 1.54) is 0 Å². The summed E-state index contributed by atoms with van der Waals surface area (Å²) in [6.07, 6.45) is 7.03. The van der Waals surface area contributed by atoms with Gasteiger partial charge in [-0.05, 0) is 62.4 Å². The fourth-order valence-corrected chi connectivity index (χ4v) is 6.61. The standard InChI is InChI=1S/C27H36N4O5S/c1-30-17-23(32)16-29-37(34,35)25-7-6-21(22-3-2-10-28-15-22)14-24(25)36-19-27(18-30)8-11-31(12-9-27)26(33)13-20-4-5-20/h2-3,6-7,10,14-15,20,23,29,32H,4-5,8-9,11-13,16-19H2,1H3. The highest BCUT2D eigenvalue weighted by atomic mass is 32.2. The van der Waals surface area contributed by atoms with Crippen LogP contribution in [-0.4, -0.2) is 86.7 Å². The van der Waals surface area contributed by atoms with Gasteiger partial charge < -0.3 is 19.6 Å². The van der Waals surface area contributed by atoms with E-state index >= 15 is 0 Å². The molecule has 3 heterocycles. The highest BCUT2D eigenvalue weighted by Crippen LogP contribution is 2.38. The number of pyridine rings is 1. The number of aromatic nitrogens is 1. The minimum Gasteiger partial charge on any atom is -0.492 e. The number of amides is 1. The third kappa shape index (κ3) is 6.31. The number of fused-ring (bicyclic) bond motifs is 1. The second-order valence-corrected chi connectivity index (χ2v) is 12.7. The van der Waals surface area contributed by atoms with Crippen LogP contribution in [0.1, 0.15) is 32.1 Å². The van der Waals surface area contributed by atoms with Crippen molar-refractivity contribution >= 4 is 15.9 Å². The molecule has 1 aliphatic carbocycles. The summed E-state index contributed by atoms with van der Waals surface area (Å²) in [6.45, 7) is 2.56. The summed E-state index contributed by atoms with van der Waals surface area (Å²) in [5.74, 6) is 1.07. The van der Waals surface area contributed by atoms with E-state index < -0.39 is 16.1 Å². The zero-order chi connectivity index (χ0) is 26.0. The molecule has 5 rings (SSSR count). The number of hydrogen-bond acceptors (Lipinski definition) is 7. The van der Waals surface area contributed by atoms with Crippen LogP contribution in [0.3, 0.4) is 0 Å². The molecular weight excluding hydrogens is 492 g/mol. The molecule has 0 bridgehead atoms. The lowest BCUT2D eigenvalue weighted by atomic mass is 9.78. The summed E-state index contributed by atoms with van der Waals surface area (Å²) in [5.41, 5.74) is 1.39. The van der Waals surface area contributed by atoms with Gasteiger partial charge in [-0.3, -0.25) is 9.78 Å². The first kappa shape index (κ1) is 26.1. The van der Waals surface area contributed by atoms with E-state index in [0.717, 1.165) is 36.8 Å². The summed E-state index contributed by atoms with van der Waals surface area (Å²) in [6, 6.07) is 8.79. The molecule has 0 radical (unpaired) electrons. The van der Waals surface area contributed by atoms with E-state index in [2.05, 4.69) is 9.71 Å². The minimum absolute atomic E-state index is 0.0495. The van der Waals surface area contributed by atoms with Crippen LogP contribution in [0.4, 0.5) is 0 Å². The van der Waals surface area contributed by atoms with Crippen LogP contribution < -0.4 is 9.46 Å². The summed E-state index contributed by atoms with van der Waals surface area (Å²) in [7, 11) is -1.97. The average Bonchev–Trinajstić information content (AvgIpc) is 3.70. The molecule has 2 aromatic rings. The van der Waals surface area contributed by atoms with E-state index in [9.17, 15) is 18.3 Å². The number of likely N-dealkylation sites (tertiary alicyclic amines) is 1. The maximum atomic E-state index is 13.2. The average molecular weight is 529 g/mol. The van der Waals surface area contributed by atoms with Crippen LogP contribution >= 0.6 is 0 Å². The van der Waals surface area contributed by atoms with Gasteiger partial charge in [-0.15, -0.1) is 0 Å². The Balaban J connectivity index is 1.43. The van der Waals surface area contributed by atoms with Gasteiger partial charge in [0.15, 0.2) is 0 Å². The van der Waals surface area contributed by atoms with Gasteiger partial charge in [0.25, 0.3) is 0 Å². The molecule has 1 aromatic heterocycles. The zero-order valence-electron chi connectivity index (χ0n) is 21.3. The first-order chi connectivity index (χ1) is 17.7. The van der Waals surface area contributed by atoms with Gasteiger partial charge in [-0.25, -0.2) is 13.1 Å². The highest BCUT2D eigenvalue weighted by Gasteiger charge is 2.39. The minimum atomic E-state index is -3.91. The van der Waals surface area contributed by atoms with E-state index in [1.807, 2.05) is 29.0 Å². The number of nitrogens with one attached hydrogen (secondary N) is 1. The number of nitrogens with zero attached hydrogens (tertiary/aromatic N) is 3. The molecule has 2 fully saturated rings. The molecule has 1 atom stereocenters. The molecule has 2 aliphatic heterocycles. The molecule has 2 N–H and O–H groups in total. The van der Waals surface area contributed by atoms with Gasteiger partial charge in [0.05, 0.1) is 12.7 Å². The van der Waals surface area contributed by atoms with Crippen LogP contribution in [0.15, 0.2) is 47.6 Å². The zero-order valence-corrected chi connectivity index (χ0v) is 22.1. The molecule has 1 saturated carbocycles. The van der Waals surface area contributed by atoms with Crippen LogP contribution in [-0.2, 0) is 14.8 Å². The maximum absolute atomic E-state index is 13.2. The van der Waals surface area contributed by atoms with Crippen molar-refractivity contribution in [2.75, 3.05) is 46.4 Å². The normalized spacial score (nSPS) is 24.4. The number of sulfonamides is 1.